The fourth-order valence-electron chi connectivity index (χ4n) is 8.12. The maximum Gasteiger partial charge on any atom is 0.262 e. The Labute approximate surface area is 312 Å². The van der Waals surface area contributed by atoms with Crippen LogP contribution >= 0.6 is 0 Å². The summed E-state index contributed by atoms with van der Waals surface area (Å²) in [6, 6.07) is 12.3. The number of anilines is 2. The molecular weight excluding hydrogens is 715 g/mol. The fourth-order valence-corrected chi connectivity index (χ4v) is 8.12. The summed E-state index contributed by atoms with van der Waals surface area (Å²) >= 11 is 0. The number of aromatic nitrogens is 4. The van der Waals surface area contributed by atoms with Crippen LogP contribution in [0.5, 0.6) is 0 Å². The van der Waals surface area contributed by atoms with E-state index in [2.05, 4.69) is 20.2 Å². The van der Waals surface area contributed by atoms with Crippen molar-refractivity contribution in [2.24, 2.45) is 0 Å². The number of hydrogen-bond donors (Lipinski definition) is 1. The van der Waals surface area contributed by atoms with Gasteiger partial charge in [-0.05, 0) is 55.7 Å². The van der Waals surface area contributed by atoms with Gasteiger partial charge in [0.15, 0.2) is 5.65 Å². The lowest BCUT2D eigenvalue weighted by atomic mass is 10.0. The Balaban J connectivity index is 0.886. The van der Waals surface area contributed by atoms with Crippen molar-refractivity contribution in [3.63, 3.8) is 0 Å². The number of fused-ring (bicyclic) bond motifs is 2. The van der Waals surface area contributed by atoms with Crippen molar-refractivity contribution in [3.8, 4) is 11.3 Å². The zero-order chi connectivity index (χ0) is 38.0. The van der Waals surface area contributed by atoms with Crippen molar-refractivity contribution in [3.05, 3.63) is 107 Å². The number of pyridine rings is 1. The molecule has 0 bridgehead atoms. The Hall–Kier alpha value is -6.16. The normalized spacial score (nSPS) is 20.5. The number of hydrogen-bond acceptors (Lipinski definition) is 10. The second kappa shape index (κ2) is 13.6. The van der Waals surface area contributed by atoms with Crippen LogP contribution < -0.4 is 15.1 Å². The second-order valence-corrected chi connectivity index (χ2v) is 14.2. The van der Waals surface area contributed by atoms with Crippen molar-refractivity contribution >= 4 is 40.9 Å². The molecule has 16 heteroatoms. The molecule has 1 N–H and O–H groups in total. The molecule has 4 amide bonds. The predicted octanol–water partition coefficient (Wildman–Crippen LogP) is 4.27. The van der Waals surface area contributed by atoms with Gasteiger partial charge in [-0.15, -0.1) is 0 Å². The molecule has 4 aliphatic heterocycles. The van der Waals surface area contributed by atoms with Crippen LogP contribution in [-0.2, 0) is 16.1 Å². The van der Waals surface area contributed by atoms with Gasteiger partial charge in [0.25, 0.3) is 11.8 Å². The van der Waals surface area contributed by atoms with Gasteiger partial charge in [-0.2, -0.15) is 5.10 Å². The minimum atomic E-state index is -1.12. The third-order valence-electron chi connectivity index (χ3n) is 10.9. The van der Waals surface area contributed by atoms with Crippen LogP contribution in [0.2, 0.25) is 0 Å². The maximum atomic E-state index is 15.4. The summed E-state index contributed by atoms with van der Waals surface area (Å²) in [5.74, 6) is -3.00. The van der Waals surface area contributed by atoms with Gasteiger partial charge in [-0.3, -0.25) is 34.3 Å². The minimum absolute atomic E-state index is 0.00164. The summed E-state index contributed by atoms with van der Waals surface area (Å²) < 4.78 is 45.5. The number of carbonyl (C=O) groups excluding carboxylic acids is 4. The van der Waals surface area contributed by atoms with Crippen molar-refractivity contribution in [2.75, 3.05) is 42.5 Å². The van der Waals surface area contributed by atoms with Crippen LogP contribution in [0, 0.1) is 17.5 Å². The van der Waals surface area contributed by atoms with E-state index in [0.717, 1.165) is 34.8 Å². The standard InChI is InChI=1S/C39H34F3N9O4/c40-23-6-7-24(29(42)18-23)31-4-2-11-49(31)34-10-12-50-36(45-34)27(20-43-50)30-3-1-5-33(44-30)48-15-13-47(14-16-48)21-22-17-25-26(19-28(22)41)39(55)51(38(25)54)32-8-9-35(52)46-37(32)53/h1,3,5-7,10,12,17-20,31-32H,2,4,8-9,11,13-16,21H2,(H,46,52,53)/t31-,32?/m1/s1. The highest BCUT2D eigenvalue weighted by molar-refractivity contribution is 6.23. The fraction of sp³-hybridized carbons (Fsp3) is 0.308. The van der Waals surface area contributed by atoms with E-state index in [1.54, 1.807) is 10.7 Å². The average Bonchev–Trinajstić information content (AvgIpc) is 3.89. The first-order valence-corrected chi connectivity index (χ1v) is 18.2. The first kappa shape index (κ1) is 34.6. The number of piperazine rings is 1. The SMILES string of the molecule is O=C1CCC(N2C(=O)c3cc(F)c(CN4CCN(c5cccc(-c6cnn7ccc(N8CCC[C@@H]8c8ccc(F)cc8F)nc67)n5)CC4)cc3C2=O)C(=O)N1. The molecule has 3 aromatic heterocycles. The number of nitrogens with zero attached hydrogens (tertiary/aromatic N) is 8. The average molecular weight is 750 g/mol. The lowest BCUT2D eigenvalue weighted by molar-refractivity contribution is -0.136. The summed E-state index contributed by atoms with van der Waals surface area (Å²) in [6.07, 6.45) is 5.10. The van der Waals surface area contributed by atoms with Gasteiger partial charge in [0.1, 0.15) is 35.1 Å². The van der Waals surface area contributed by atoms with Crippen LogP contribution in [0.15, 0.2) is 67.0 Å². The summed E-state index contributed by atoms with van der Waals surface area (Å²) in [5.41, 5.74) is 2.64. The maximum absolute atomic E-state index is 15.4. The molecule has 7 heterocycles. The highest BCUT2D eigenvalue weighted by Gasteiger charge is 2.45. The molecule has 5 aromatic rings. The lowest BCUT2D eigenvalue weighted by Crippen LogP contribution is -2.54. The monoisotopic (exact) mass is 749 g/mol. The molecule has 2 aromatic carbocycles. The lowest BCUT2D eigenvalue weighted by Gasteiger charge is -2.35. The number of piperidine rings is 1. The van der Waals surface area contributed by atoms with Crippen molar-refractivity contribution in [2.45, 2.75) is 44.3 Å². The molecular formula is C39H34F3N9O4. The van der Waals surface area contributed by atoms with Crippen LogP contribution in [0.4, 0.5) is 24.8 Å². The molecule has 0 aliphatic carbocycles. The van der Waals surface area contributed by atoms with E-state index in [1.807, 2.05) is 35.4 Å². The van der Waals surface area contributed by atoms with Crippen LogP contribution in [0.1, 0.15) is 63.6 Å². The van der Waals surface area contributed by atoms with Gasteiger partial charge in [-0.1, -0.05) is 12.1 Å². The van der Waals surface area contributed by atoms with E-state index in [0.29, 0.717) is 61.9 Å². The molecule has 4 aliphatic rings. The smallest absolute Gasteiger partial charge is 0.262 e. The number of rotatable bonds is 7. The van der Waals surface area contributed by atoms with E-state index < -0.39 is 47.1 Å². The van der Waals surface area contributed by atoms with Crippen LogP contribution in [-0.4, -0.2) is 91.8 Å². The largest absolute Gasteiger partial charge is 0.354 e. The number of benzene rings is 2. The molecule has 1 unspecified atom stereocenters. The number of imide groups is 2. The van der Waals surface area contributed by atoms with Gasteiger partial charge in [0.05, 0.1) is 34.6 Å². The Morgan fingerprint density at radius 3 is 2.35 bits per heavy atom. The Bertz CT molecular complexity index is 2410. The Morgan fingerprint density at radius 2 is 1.56 bits per heavy atom. The third kappa shape index (κ3) is 6.15. The quantitative estimate of drug-likeness (QED) is 0.241. The highest BCUT2D eigenvalue weighted by atomic mass is 19.1. The van der Waals surface area contributed by atoms with Gasteiger partial charge in [0.2, 0.25) is 11.8 Å². The summed E-state index contributed by atoms with van der Waals surface area (Å²) in [7, 11) is 0. The third-order valence-corrected chi connectivity index (χ3v) is 10.9. The van der Waals surface area contributed by atoms with Crippen molar-refractivity contribution in [1.82, 2.24) is 34.7 Å². The van der Waals surface area contributed by atoms with E-state index in [-0.39, 0.29) is 42.1 Å². The summed E-state index contributed by atoms with van der Waals surface area (Å²) in [4.78, 5) is 67.4. The zero-order valence-electron chi connectivity index (χ0n) is 29.4. The number of carbonyl (C=O) groups is 4. The van der Waals surface area contributed by atoms with E-state index >= 15 is 4.39 Å². The highest BCUT2D eigenvalue weighted by Crippen LogP contribution is 2.37. The molecule has 3 fully saturated rings. The predicted molar refractivity (Wildman–Crippen MR) is 192 cm³/mol. The molecule has 9 rings (SSSR count). The first-order chi connectivity index (χ1) is 26.6. The molecule has 280 valence electrons. The Morgan fingerprint density at radius 1 is 0.764 bits per heavy atom. The van der Waals surface area contributed by atoms with Crippen molar-refractivity contribution < 1.29 is 32.3 Å². The van der Waals surface area contributed by atoms with E-state index in [1.165, 1.54) is 18.2 Å². The van der Waals surface area contributed by atoms with Crippen molar-refractivity contribution in [1.29, 1.82) is 0 Å². The van der Waals surface area contributed by atoms with Gasteiger partial charge < -0.3 is 9.80 Å². The van der Waals surface area contributed by atoms with Gasteiger partial charge >= 0.3 is 0 Å². The number of amides is 4. The number of halogens is 3. The van der Waals surface area contributed by atoms with Crippen LogP contribution in [0.25, 0.3) is 16.9 Å². The number of nitrogens with one attached hydrogen (secondary N) is 1. The molecule has 55 heavy (non-hydrogen) atoms. The van der Waals surface area contributed by atoms with Gasteiger partial charge in [-0.25, -0.2) is 27.7 Å². The first-order valence-electron chi connectivity index (χ1n) is 18.2. The molecule has 0 radical (unpaired) electrons. The van der Waals surface area contributed by atoms with E-state index in [9.17, 15) is 28.0 Å². The second-order valence-electron chi connectivity index (χ2n) is 14.2. The Kier molecular flexibility index (Phi) is 8.56. The summed E-state index contributed by atoms with van der Waals surface area (Å²) in [6.45, 7) is 3.22. The molecule has 2 atom stereocenters. The minimum Gasteiger partial charge on any atom is -0.354 e. The van der Waals surface area contributed by atoms with E-state index in [4.69, 9.17) is 9.97 Å². The molecule has 0 saturated carbocycles. The molecule has 3 saturated heterocycles. The molecule has 0 spiro atoms. The van der Waals surface area contributed by atoms with Crippen LogP contribution in [0.3, 0.4) is 0 Å². The molecule has 13 nitrogen and oxygen atoms in total. The van der Waals surface area contributed by atoms with Gasteiger partial charge in [0, 0.05) is 69.1 Å². The topological polar surface area (TPSA) is 136 Å². The summed E-state index contributed by atoms with van der Waals surface area (Å²) in [5, 5.41) is 6.66. The zero-order valence-corrected chi connectivity index (χ0v) is 29.4.